The second kappa shape index (κ2) is 9.08. The van der Waals surface area contributed by atoms with Gasteiger partial charge in [-0.05, 0) is 38.1 Å². The van der Waals surface area contributed by atoms with Gasteiger partial charge in [0.1, 0.15) is 11.6 Å². The molecule has 1 heterocycles. The third kappa shape index (κ3) is 7.91. The summed E-state index contributed by atoms with van der Waals surface area (Å²) in [5.74, 6) is -0.255. The standard InChI is InChI=1S/C17H19F3N6O3/c1-9-8-14(23-10(2)22-11(3)27)25-15(21-9)26-16(28)24-12-4-6-13(7-5-12)29-17(18,19)20/h4-8,10H,1-3H3,(H,22,27)(H3,21,23,24,25,26,28). The third-order valence-electron chi connectivity index (χ3n) is 3.21. The average molecular weight is 412 g/mol. The number of halogens is 3. The van der Waals surface area contributed by atoms with Crippen LogP contribution in [0.3, 0.4) is 0 Å². The van der Waals surface area contributed by atoms with Gasteiger partial charge in [-0.1, -0.05) is 0 Å². The number of aromatic nitrogens is 2. The van der Waals surface area contributed by atoms with E-state index in [2.05, 4.69) is 36.0 Å². The molecular weight excluding hydrogens is 393 g/mol. The molecule has 0 saturated carbocycles. The van der Waals surface area contributed by atoms with E-state index in [-0.39, 0.29) is 17.5 Å². The largest absolute Gasteiger partial charge is 0.573 e. The Bertz CT molecular complexity index is 874. The van der Waals surface area contributed by atoms with Crippen LogP contribution in [0.1, 0.15) is 19.5 Å². The molecule has 1 aromatic heterocycles. The summed E-state index contributed by atoms with van der Waals surface area (Å²) in [7, 11) is 0. The van der Waals surface area contributed by atoms with Gasteiger partial charge in [-0.15, -0.1) is 13.2 Å². The lowest BCUT2D eigenvalue weighted by molar-refractivity contribution is -0.274. The highest BCUT2D eigenvalue weighted by Crippen LogP contribution is 2.24. The minimum absolute atomic E-state index is 0.00273. The molecule has 1 aromatic carbocycles. The molecule has 0 spiro atoms. The van der Waals surface area contributed by atoms with Crippen molar-refractivity contribution < 1.29 is 27.5 Å². The number of rotatable bonds is 6. The number of alkyl halides is 3. The maximum Gasteiger partial charge on any atom is 0.573 e. The number of carbonyl (C=O) groups excluding carboxylic acids is 2. The fourth-order valence-corrected chi connectivity index (χ4v) is 2.27. The second-order valence-electron chi connectivity index (χ2n) is 5.94. The Kier molecular flexibility index (Phi) is 6.80. The van der Waals surface area contributed by atoms with Gasteiger partial charge in [0, 0.05) is 24.4 Å². The number of ether oxygens (including phenoxy) is 1. The van der Waals surface area contributed by atoms with Crippen LogP contribution in [-0.2, 0) is 4.79 Å². The zero-order valence-electron chi connectivity index (χ0n) is 15.7. The predicted octanol–water partition coefficient (Wildman–Crippen LogP) is 3.22. The number of urea groups is 1. The smallest absolute Gasteiger partial charge is 0.406 e. The van der Waals surface area contributed by atoms with Crippen molar-refractivity contribution in [1.29, 1.82) is 0 Å². The molecule has 2 aromatic rings. The molecule has 9 nitrogen and oxygen atoms in total. The van der Waals surface area contributed by atoms with E-state index in [1.54, 1.807) is 19.9 Å². The summed E-state index contributed by atoms with van der Waals surface area (Å²) in [6.07, 6.45) is -5.20. The summed E-state index contributed by atoms with van der Waals surface area (Å²) in [6.45, 7) is 4.78. The van der Waals surface area contributed by atoms with Crippen molar-refractivity contribution in [3.8, 4) is 5.75 Å². The van der Waals surface area contributed by atoms with Gasteiger partial charge in [0.25, 0.3) is 0 Å². The maximum atomic E-state index is 12.2. The number of amides is 3. The van der Waals surface area contributed by atoms with Crippen LogP contribution in [-0.4, -0.2) is 34.4 Å². The summed E-state index contributed by atoms with van der Waals surface area (Å²) in [6, 6.07) is 5.57. The summed E-state index contributed by atoms with van der Waals surface area (Å²) in [5.41, 5.74) is 0.795. The Morgan fingerprint density at radius 2 is 1.76 bits per heavy atom. The quantitative estimate of drug-likeness (QED) is 0.541. The number of anilines is 3. The first-order valence-electron chi connectivity index (χ1n) is 8.33. The number of aryl methyl sites for hydroxylation is 1. The van der Waals surface area contributed by atoms with Crippen molar-refractivity contribution in [3.05, 3.63) is 36.0 Å². The summed E-state index contributed by atoms with van der Waals surface area (Å²) < 4.78 is 40.2. The van der Waals surface area contributed by atoms with E-state index in [4.69, 9.17) is 0 Å². The molecule has 12 heteroatoms. The summed E-state index contributed by atoms with van der Waals surface area (Å²) >= 11 is 0. The van der Waals surface area contributed by atoms with E-state index in [1.165, 1.54) is 19.1 Å². The van der Waals surface area contributed by atoms with Crippen LogP contribution in [0.5, 0.6) is 5.75 Å². The van der Waals surface area contributed by atoms with Gasteiger partial charge in [-0.25, -0.2) is 9.78 Å². The highest BCUT2D eigenvalue weighted by atomic mass is 19.4. The van der Waals surface area contributed by atoms with Crippen LogP contribution in [0.4, 0.5) is 35.4 Å². The first kappa shape index (κ1) is 21.7. The van der Waals surface area contributed by atoms with Crippen LogP contribution in [0.15, 0.2) is 30.3 Å². The SMILES string of the molecule is CC(=O)NC(C)Nc1cc(C)nc(NC(=O)Nc2ccc(OC(F)(F)F)cc2)n1. The first-order valence-corrected chi connectivity index (χ1v) is 8.33. The summed E-state index contributed by atoms with van der Waals surface area (Å²) in [4.78, 5) is 31.4. The third-order valence-corrected chi connectivity index (χ3v) is 3.21. The molecule has 0 bridgehead atoms. The van der Waals surface area contributed by atoms with Gasteiger partial charge in [-0.3, -0.25) is 10.1 Å². The molecule has 1 unspecified atom stereocenters. The van der Waals surface area contributed by atoms with Gasteiger partial charge >= 0.3 is 12.4 Å². The molecule has 0 fully saturated rings. The van der Waals surface area contributed by atoms with Gasteiger partial charge in [0.05, 0.1) is 6.17 Å². The molecular formula is C17H19F3N6O3. The van der Waals surface area contributed by atoms with Crippen molar-refractivity contribution in [2.75, 3.05) is 16.0 Å². The molecule has 3 amide bonds. The lowest BCUT2D eigenvalue weighted by Crippen LogP contribution is -2.36. The first-order chi connectivity index (χ1) is 13.5. The topological polar surface area (TPSA) is 117 Å². The number of nitrogens with zero attached hydrogens (tertiary/aromatic N) is 2. The zero-order chi connectivity index (χ0) is 21.6. The molecule has 0 aliphatic carbocycles. The molecule has 156 valence electrons. The Labute approximate surface area is 164 Å². The Morgan fingerprint density at radius 3 is 2.34 bits per heavy atom. The number of carbonyl (C=O) groups is 2. The number of benzene rings is 1. The van der Waals surface area contributed by atoms with E-state index in [1.807, 2.05) is 0 Å². The molecule has 0 radical (unpaired) electrons. The lowest BCUT2D eigenvalue weighted by atomic mass is 10.3. The van der Waals surface area contributed by atoms with Crippen molar-refractivity contribution in [3.63, 3.8) is 0 Å². The highest BCUT2D eigenvalue weighted by Gasteiger charge is 2.30. The summed E-state index contributed by atoms with van der Waals surface area (Å²) in [5, 5.41) is 10.4. The molecule has 0 aliphatic heterocycles. The van der Waals surface area contributed by atoms with Gasteiger partial charge in [0.2, 0.25) is 11.9 Å². The van der Waals surface area contributed by atoms with E-state index in [0.29, 0.717) is 11.5 Å². The highest BCUT2D eigenvalue weighted by molar-refractivity contribution is 5.98. The predicted molar refractivity (Wildman–Crippen MR) is 99.4 cm³/mol. The molecule has 4 N–H and O–H groups in total. The Morgan fingerprint density at radius 1 is 1.10 bits per heavy atom. The normalized spacial score (nSPS) is 11.9. The maximum absolute atomic E-state index is 12.2. The molecule has 0 saturated heterocycles. The number of hydrogen-bond acceptors (Lipinski definition) is 6. The van der Waals surface area contributed by atoms with Crippen LogP contribution < -0.4 is 26.0 Å². The van der Waals surface area contributed by atoms with E-state index >= 15 is 0 Å². The number of nitrogens with one attached hydrogen (secondary N) is 4. The van der Waals surface area contributed by atoms with E-state index < -0.39 is 24.3 Å². The van der Waals surface area contributed by atoms with Gasteiger partial charge < -0.3 is 20.7 Å². The van der Waals surface area contributed by atoms with Crippen LogP contribution in [0.2, 0.25) is 0 Å². The Hall–Kier alpha value is -3.57. The van der Waals surface area contributed by atoms with Gasteiger partial charge in [-0.2, -0.15) is 4.98 Å². The average Bonchev–Trinajstić information content (AvgIpc) is 2.53. The van der Waals surface area contributed by atoms with E-state index in [0.717, 1.165) is 12.1 Å². The zero-order valence-corrected chi connectivity index (χ0v) is 15.7. The number of hydrogen-bond donors (Lipinski definition) is 4. The Balaban J connectivity index is 1.98. The van der Waals surface area contributed by atoms with Crippen LogP contribution in [0.25, 0.3) is 0 Å². The lowest BCUT2D eigenvalue weighted by Gasteiger charge is -2.16. The monoisotopic (exact) mass is 412 g/mol. The van der Waals surface area contributed by atoms with Gasteiger partial charge in [0.15, 0.2) is 0 Å². The van der Waals surface area contributed by atoms with Crippen LogP contribution >= 0.6 is 0 Å². The molecule has 29 heavy (non-hydrogen) atoms. The minimum atomic E-state index is -4.79. The molecule has 0 aliphatic rings. The van der Waals surface area contributed by atoms with Crippen LogP contribution in [0, 0.1) is 6.92 Å². The molecule has 2 rings (SSSR count). The van der Waals surface area contributed by atoms with Crippen molar-refractivity contribution in [1.82, 2.24) is 15.3 Å². The second-order valence-corrected chi connectivity index (χ2v) is 5.94. The molecule has 1 atom stereocenters. The van der Waals surface area contributed by atoms with E-state index in [9.17, 15) is 22.8 Å². The fourth-order valence-electron chi connectivity index (χ4n) is 2.27. The van der Waals surface area contributed by atoms with Crippen molar-refractivity contribution in [2.45, 2.75) is 33.3 Å². The fraction of sp³-hybridized carbons (Fsp3) is 0.294. The minimum Gasteiger partial charge on any atom is -0.406 e. The van der Waals surface area contributed by atoms with Crippen molar-refractivity contribution >= 4 is 29.4 Å². The van der Waals surface area contributed by atoms with Crippen molar-refractivity contribution in [2.24, 2.45) is 0 Å².